The molecular weight excluding hydrogens is 416 g/mol. The van der Waals surface area contributed by atoms with Gasteiger partial charge in [0.15, 0.2) is 17.3 Å². The lowest BCUT2D eigenvalue weighted by molar-refractivity contribution is -0.138. The highest BCUT2D eigenvalue weighted by molar-refractivity contribution is 6.74. The number of carbonyl (C=O) groups excluding carboxylic acids is 2. The van der Waals surface area contributed by atoms with Crippen LogP contribution in [0.25, 0.3) is 6.08 Å². The number of fused-ring (bicyclic) bond motifs is 1. The summed E-state index contributed by atoms with van der Waals surface area (Å²) in [6.45, 7) is 14.1. The van der Waals surface area contributed by atoms with Crippen LogP contribution < -0.4 is 9.47 Å². The van der Waals surface area contributed by atoms with Crippen molar-refractivity contribution in [1.29, 1.82) is 0 Å². The molecule has 0 bridgehead atoms. The SMILES string of the molecule is C=C1CCc2cc(/C=C(/O[Si](C)(C)C(C)(C)C)C(=O)OC)c(C(=O)OC)c(OC)c2O1. The topological polar surface area (TPSA) is 80.3 Å². The average Bonchev–Trinajstić information content (AvgIpc) is 2.70. The third-order valence-electron chi connectivity index (χ3n) is 5.70. The van der Waals surface area contributed by atoms with E-state index in [1.54, 1.807) is 6.07 Å². The molecule has 2 rings (SSSR count). The molecule has 1 aromatic rings. The second-order valence-corrected chi connectivity index (χ2v) is 13.6. The van der Waals surface area contributed by atoms with E-state index < -0.39 is 20.3 Å². The van der Waals surface area contributed by atoms with Crippen LogP contribution in [0.2, 0.25) is 18.1 Å². The third-order valence-corrected chi connectivity index (χ3v) is 10.0. The summed E-state index contributed by atoms with van der Waals surface area (Å²) in [4.78, 5) is 25.3. The molecule has 1 aliphatic rings. The van der Waals surface area contributed by atoms with Gasteiger partial charge < -0.3 is 23.4 Å². The number of aryl methyl sites for hydroxylation is 1. The zero-order valence-electron chi connectivity index (χ0n) is 19.6. The second-order valence-electron chi connectivity index (χ2n) is 8.86. The van der Waals surface area contributed by atoms with Crippen molar-refractivity contribution in [3.8, 4) is 11.5 Å². The number of hydrogen-bond acceptors (Lipinski definition) is 7. The number of carbonyl (C=O) groups is 2. The van der Waals surface area contributed by atoms with Gasteiger partial charge in [0.05, 0.1) is 27.1 Å². The lowest BCUT2D eigenvalue weighted by atomic mass is 9.96. The molecular formula is C23H32O7Si. The molecule has 0 spiro atoms. The molecule has 0 fully saturated rings. The maximum absolute atomic E-state index is 12.7. The molecule has 8 heteroatoms. The number of rotatable bonds is 6. The van der Waals surface area contributed by atoms with Crippen LogP contribution in [0.1, 0.15) is 48.7 Å². The number of hydrogen-bond donors (Lipinski definition) is 0. The molecule has 0 unspecified atom stereocenters. The standard InChI is InChI=1S/C23H32O7Si/c1-14-10-11-15-12-16(18(22(25)28-7)20(26-5)19(15)29-14)13-17(21(24)27-6)30-31(8,9)23(2,3)4/h12-13H,1,10-11H2,2-9H3/b17-13+. The highest BCUT2D eigenvalue weighted by atomic mass is 28.4. The van der Waals surface area contributed by atoms with E-state index in [2.05, 4.69) is 27.4 Å². The first-order valence-electron chi connectivity index (χ1n) is 10.0. The van der Waals surface area contributed by atoms with E-state index in [0.29, 0.717) is 29.9 Å². The van der Waals surface area contributed by atoms with Gasteiger partial charge in [-0.3, -0.25) is 0 Å². The number of esters is 2. The Hall–Kier alpha value is -2.74. The summed E-state index contributed by atoms with van der Waals surface area (Å²) < 4.78 is 27.5. The van der Waals surface area contributed by atoms with E-state index in [4.69, 9.17) is 23.4 Å². The smallest absolute Gasteiger partial charge is 0.371 e. The summed E-state index contributed by atoms with van der Waals surface area (Å²) in [6, 6.07) is 1.79. The molecule has 170 valence electrons. The van der Waals surface area contributed by atoms with Crippen molar-refractivity contribution in [3.05, 3.63) is 40.9 Å². The minimum atomic E-state index is -2.37. The number of methoxy groups -OCH3 is 3. The quantitative estimate of drug-likeness (QED) is 0.266. The van der Waals surface area contributed by atoms with Crippen LogP contribution in [0.4, 0.5) is 0 Å². The van der Waals surface area contributed by atoms with Crippen LogP contribution in [-0.2, 0) is 25.1 Å². The summed E-state index contributed by atoms with van der Waals surface area (Å²) in [7, 11) is 1.65. The first-order valence-corrected chi connectivity index (χ1v) is 12.9. The van der Waals surface area contributed by atoms with Crippen molar-refractivity contribution in [3.63, 3.8) is 0 Å². The fourth-order valence-corrected chi connectivity index (χ4v) is 3.90. The molecule has 0 N–H and O–H groups in total. The monoisotopic (exact) mass is 448 g/mol. The highest BCUT2D eigenvalue weighted by Crippen LogP contribution is 2.43. The lowest BCUT2D eigenvalue weighted by Crippen LogP contribution is -2.41. The minimum Gasteiger partial charge on any atom is -0.539 e. The second kappa shape index (κ2) is 9.17. The van der Waals surface area contributed by atoms with E-state index in [9.17, 15) is 9.59 Å². The maximum atomic E-state index is 12.7. The molecule has 31 heavy (non-hydrogen) atoms. The van der Waals surface area contributed by atoms with Crippen molar-refractivity contribution in [2.75, 3.05) is 21.3 Å². The Morgan fingerprint density at radius 1 is 1.13 bits per heavy atom. The predicted molar refractivity (Wildman–Crippen MR) is 121 cm³/mol. The van der Waals surface area contributed by atoms with Crippen molar-refractivity contribution >= 4 is 26.3 Å². The molecule has 1 aliphatic heterocycles. The molecule has 0 saturated carbocycles. The summed E-state index contributed by atoms with van der Waals surface area (Å²) in [5.41, 5.74) is 1.40. The third kappa shape index (κ3) is 5.12. The fraction of sp³-hybridized carbons (Fsp3) is 0.478. The molecule has 0 radical (unpaired) electrons. The summed E-state index contributed by atoms with van der Waals surface area (Å²) in [5, 5.41) is -0.146. The Kier molecular flexibility index (Phi) is 7.26. The van der Waals surface area contributed by atoms with Crippen LogP contribution in [0.5, 0.6) is 11.5 Å². The molecule has 0 saturated heterocycles. The Morgan fingerprint density at radius 2 is 1.77 bits per heavy atom. The summed E-state index contributed by atoms with van der Waals surface area (Å²) >= 11 is 0. The van der Waals surface area contributed by atoms with Gasteiger partial charge in [0, 0.05) is 6.42 Å². The Balaban J connectivity index is 2.75. The zero-order valence-corrected chi connectivity index (χ0v) is 20.6. The fourth-order valence-electron chi connectivity index (χ4n) is 2.90. The van der Waals surface area contributed by atoms with Crippen molar-refractivity contribution in [2.45, 2.75) is 51.7 Å². The largest absolute Gasteiger partial charge is 0.539 e. The summed E-state index contributed by atoms with van der Waals surface area (Å²) in [5.74, 6) is 0.0298. The first-order chi connectivity index (χ1) is 14.4. The Bertz CT molecular complexity index is 923. The summed E-state index contributed by atoms with van der Waals surface area (Å²) in [6.07, 6.45) is 2.81. The van der Waals surface area contributed by atoms with E-state index in [1.165, 1.54) is 27.4 Å². The molecule has 0 atom stereocenters. The van der Waals surface area contributed by atoms with E-state index in [0.717, 1.165) is 5.56 Å². The minimum absolute atomic E-state index is 0.0300. The van der Waals surface area contributed by atoms with E-state index in [1.807, 2.05) is 13.1 Å². The molecule has 1 aromatic carbocycles. The van der Waals surface area contributed by atoms with Gasteiger partial charge in [0.2, 0.25) is 0 Å². The van der Waals surface area contributed by atoms with Gasteiger partial charge >= 0.3 is 11.9 Å². The van der Waals surface area contributed by atoms with Crippen LogP contribution >= 0.6 is 0 Å². The van der Waals surface area contributed by atoms with E-state index in [-0.39, 0.29) is 22.1 Å². The number of allylic oxidation sites excluding steroid dienone is 1. The van der Waals surface area contributed by atoms with Crippen LogP contribution in [0.3, 0.4) is 0 Å². The van der Waals surface area contributed by atoms with Gasteiger partial charge in [0.1, 0.15) is 5.56 Å². The Labute approximate surface area is 185 Å². The van der Waals surface area contributed by atoms with Crippen molar-refractivity contribution in [2.24, 2.45) is 0 Å². The Morgan fingerprint density at radius 3 is 2.29 bits per heavy atom. The number of ether oxygens (including phenoxy) is 4. The van der Waals surface area contributed by atoms with Crippen LogP contribution in [0.15, 0.2) is 24.2 Å². The maximum Gasteiger partial charge on any atom is 0.371 e. The molecule has 0 aromatic heterocycles. The van der Waals surface area contributed by atoms with Crippen LogP contribution in [0, 0.1) is 0 Å². The van der Waals surface area contributed by atoms with E-state index >= 15 is 0 Å². The normalized spacial score (nSPS) is 14.3. The van der Waals surface area contributed by atoms with Gasteiger partial charge in [-0.15, -0.1) is 0 Å². The van der Waals surface area contributed by atoms with Gasteiger partial charge in [-0.25, -0.2) is 9.59 Å². The molecule has 7 nitrogen and oxygen atoms in total. The molecule has 0 aliphatic carbocycles. The number of benzene rings is 1. The van der Waals surface area contributed by atoms with Gasteiger partial charge in [0.25, 0.3) is 8.32 Å². The van der Waals surface area contributed by atoms with Gasteiger partial charge in [-0.05, 0) is 47.8 Å². The van der Waals surface area contributed by atoms with Crippen LogP contribution in [-0.4, -0.2) is 41.6 Å². The first kappa shape index (κ1) is 24.5. The lowest BCUT2D eigenvalue weighted by Gasteiger charge is -2.36. The van der Waals surface area contributed by atoms with Gasteiger partial charge in [-0.1, -0.05) is 27.4 Å². The molecule has 1 heterocycles. The molecule has 0 amide bonds. The average molecular weight is 449 g/mol. The van der Waals surface area contributed by atoms with Gasteiger partial charge in [-0.2, -0.15) is 0 Å². The van der Waals surface area contributed by atoms with Crippen molar-refractivity contribution < 1.29 is 33.0 Å². The highest BCUT2D eigenvalue weighted by Gasteiger charge is 2.41. The van der Waals surface area contributed by atoms with Crippen molar-refractivity contribution in [1.82, 2.24) is 0 Å². The zero-order chi connectivity index (χ0) is 23.6. The predicted octanol–water partition coefficient (Wildman–Crippen LogP) is 4.86.